The van der Waals surface area contributed by atoms with E-state index < -0.39 is 0 Å². The molecule has 2 saturated heterocycles. The minimum Gasteiger partial charge on any atom is -0.349 e. The van der Waals surface area contributed by atoms with Crippen molar-refractivity contribution < 1.29 is 14.3 Å². The van der Waals surface area contributed by atoms with Gasteiger partial charge in [0.15, 0.2) is 11.6 Å². The Morgan fingerprint density at radius 2 is 1.90 bits per heavy atom. The Morgan fingerprint density at radius 3 is 2.67 bits per heavy atom. The maximum atomic E-state index is 12.0. The van der Waals surface area contributed by atoms with Gasteiger partial charge in [0.2, 0.25) is 0 Å². The molecule has 0 amide bonds. The summed E-state index contributed by atoms with van der Waals surface area (Å²) in [6.07, 6.45) is 14.8. The van der Waals surface area contributed by atoms with E-state index in [4.69, 9.17) is 9.47 Å². The highest BCUT2D eigenvalue weighted by molar-refractivity contribution is 6.01. The molecule has 0 radical (unpaired) electrons. The Labute approximate surface area is 181 Å². The smallest absolute Gasteiger partial charge is 0.178 e. The van der Waals surface area contributed by atoms with Crippen LogP contribution >= 0.6 is 0 Å². The lowest BCUT2D eigenvalue weighted by molar-refractivity contribution is -0.272. The molecule has 0 aromatic carbocycles. The van der Waals surface area contributed by atoms with E-state index in [0.717, 1.165) is 31.3 Å². The lowest BCUT2D eigenvalue weighted by atomic mass is 9.47. The molecular weight excluding hydrogens is 372 g/mol. The van der Waals surface area contributed by atoms with Gasteiger partial charge in [0.05, 0.1) is 12.7 Å². The summed E-state index contributed by atoms with van der Waals surface area (Å²) in [7, 11) is 0. The molecule has 0 aromatic rings. The average Bonchev–Trinajstić information content (AvgIpc) is 3.16. The fourth-order valence-electron chi connectivity index (χ4n) is 9.21. The second-order valence-electron chi connectivity index (χ2n) is 12.1. The van der Waals surface area contributed by atoms with Crippen molar-refractivity contribution in [3.8, 4) is 0 Å². The zero-order valence-electron chi connectivity index (χ0n) is 19.2. The van der Waals surface area contributed by atoms with Gasteiger partial charge in [-0.3, -0.25) is 4.79 Å². The van der Waals surface area contributed by atoms with Gasteiger partial charge in [-0.1, -0.05) is 39.3 Å². The highest BCUT2D eigenvalue weighted by atomic mass is 16.7. The van der Waals surface area contributed by atoms with Crippen LogP contribution in [0.2, 0.25) is 0 Å². The lowest BCUT2D eigenvalue weighted by Gasteiger charge is -2.57. The van der Waals surface area contributed by atoms with Crippen LogP contribution in [0.1, 0.15) is 72.6 Å². The number of hydrogen-bond donors (Lipinski definition) is 0. The number of ether oxygens (including phenoxy) is 2. The minimum absolute atomic E-state index is 0.0895. The van der Waals surface area contributed by atoms with Crippen LogP contribution in [0.3, 0.4) is 0 Å². The standard InChI is InChI=1S/C27H38O3/c1-16-7-12-27(29-15-16)17(2)24-23(30-27)14-22-20-6-5-18-13-19(28)8-10-25(18,3)21(20)9-11-26(22,24)4/h8,10,13,16-17,20-24H,5-7,9,11-12,14-15H2,1-4H3/t16-,17+,20-,21+,22+,23+,24?,25+,26+,27-/m1/s1. The number of carbonyl (C=O) groups is 1. The molecule has 6 rings (SSSR count). The Bertz CT molecular complexity index is 818. The van der Waals surface area contributed by atoms with Gasteiger partial charge < -0.3 is 9.47 Å². The highest BCUT2D eigenvalue weighted by Crippen LogP contribution is 2.70. The largest absolute Gasteiger partial charge is 0.349 e. The summed E-state index contributed by atoms with van der Waals surface area (Å²) < 4.78 is 13.3. The van der Waals surface area contributed by atoms with Crippen molar-refractivity contribution in [3.05, 3.63) is 23.8 Å². The Hall–Kier alpha value is -0.930. The topological polar surface area (TPSA) is 35.5 Å². The number of ketones is 1. The molecule has 2 heterocycles. The van der Waals surface area contributed by atoms with Crippen molar-refractivity contribution >= 4 is 5.78 Å². The third kappa shape index (κ3) is 2.43. The summed E-state index contributed by atoms with van der Waals surface area (Å²) in [6, 6.07) is 0. The molecule has 10 atom stereocenters. The summed E-state index contributed by atoms with van der Waals surface area (Å²) in [4.78, 5) is 12.0. The molecule has 4 aliphatic carbocycles. The van der Waals surface area contributed by atoms with Crippen LogP contribution in [0.4, 0.5) is 0 Å². The van der Waals surface area contributed by atoms with Gasteiger partial charge in [-0.25, -0.2) is 0 Å². The Morgan fingerprint density at radius 1 is 1.07 bits per heavy atom. The van der Waals surface area contributed by atoms with E-state index in [1.54, 1.807) is 0 Å². The van der Waals surface area contributed by atoms with Crippen LogP contribution in [0.25, 0.3) is 0 Å². The monoisotopic (exact) mass is 410 g/mol. The van der Waals surface area contributed by atoms with Crippen LogP contribution in [-0.4, -0.2) is 24.3 Å². The van der Waals surface area contributed by atoms with E-state index in [1.165, 1.54) is 37.7 Å². The van der Waals surface area contributed by atoms with Gasteiger partial charge in [0.25, 0.3) is 0 Å². The van der Waals surface area contributed by atoms with Crippen molar-refractivity contribution in [2.75, 3.05) is 6.61 Å². The first-order chi connectivity index (χ1) is 14.3. The van der Waals surface area contributed by atoms with Crippen LogP contribution in [0, 0.1) is 46.3 Å². The van der Waals surface area contributed by atoms with E-state index in [0.29, 0.717) is 35.2 Å². The summed E-state index contributed by atoms with van der Waals surface area (Å²) in [5.74, 6) is 3.83. The zero-order chi connectivity index (χ0) is 20.9. The van der Waals surface area contributed by atoms with Crippen LogP contribution in [-0.2, 0) is 14.3 Å². The van der Waals surface area contributed by atoms with Gasteiger partial charge >= 0.3 is 0 Å². The second kappa shape index (κ2) is 6.32. The molecule has 5 fully saturated rings. The molecular formula is C27H38O3. The second-order valence-corrected chi connectivity index (χ2v) is 12.1. The Balaban J connectivity index is 1.29. The average molecular weight is 411 g/mol. The maximum Gasteiger partial charge on any atom is 0.178 e. The molecule has 2 aliphatic heterocycles. The number of fused-ring (bicyclic) bond motifs is 7. The van der Waals surface area contributed by atoms with Gasteiger partial charge in [0, 0.05) is 17.8 Å². The highest BCUT2D eigenvalue weighted by Gasteiger charge is 2.68. The number of hydrogen-bond acceptors (Lipinski definition) is 3. The van der Waals surface area contributed by atoms with Gasteiger partial charge in [-0.05, 0) is 85.7 Å². The molecule has 0 bridgehead atoms. The summed E-state index contributed by atoms with van der Waals surface area (Å²) in [5, 5.41) is 0. The minimum atomic E-state index is -0.312. The molecule has 3 saturated carbocycles. The molecule has 3 nitrogen and oxygen atoms in total. The lowest BCUT2D eigenvalue weighted by Crippen LogP contribution is -2.52. The van der Waals surface area contributed by atoms with Crippen LogP contribution in [0.5, 0.6) is 0 Å². The van der Waals surface area contributed by atoms with Crippen molar-refractivity contribution in [1.29, 1.82) is 0 Å². The first kappa shape index (κ1) is 19.7. The summed E-state index contributed by atoms with van der Waals surface area (Å²) in [5.41, 5.74) is 1.85. The number of carbonyl (C=O) groups excluding carboxylic acids is 1. The molecule has 0 aromatic heterocycles. The van der Waals surface area contributed by atoms with E-state index >= 15 is 0 Å². The van der Waals surface area contributed by atoms with Crippen molar-refractivity contribution in [2.45, 2.75) is 84.5 Å². The van der Waals surface area contributed by atoms with E-state index in [-0.39, 0.29) is 17.0 Å². The Kier molecular flexibility index (Phi) is 4.15. The quantitative estimate of drug-likeness (QED) is 0.514. The first-order valence-corrected chi connectivity index (χ1v) is 12.5. The van der Waals surface area contributed by atoms with Crippen LogP contribution in [0.15, 0.2) is 23.8 Å². The maximum absolute atomic E-state index is 12.0. The third-order valence-corrected chi connectivity index (χ3v) is 10.8. The molecule has 164 valence electrons. The summed E-state index contributed by atoms with van der Waals surface area (Å²) >= 11 is 0. The van der Waals surface area contributed by atoms with Crippen molar-refractivity contribution in [1.82, 2.24) is 0 Å². The van der Waals surface area contributed by atoms with Crippen molar-refractivity contribution in [3.63, 3.8) is 0 Å². The van der Waals surface area contributed by atoms with E-state index in [1.807, 2.05) is 12.2 Å². The van der Waals surface area contributed by atoms with Crippen LogP contribution < -0.4 is 0 Å². The predicted molar refractivity (Wildman–Crippen MR) is 117 cm³/mol. The van der Waals surface area contributed by atoms with Crippen molar-refractivity contribution in [2.24, 2.45) is 46.3 Å². The van der Waals surface area contributed by atoms with Gasteiger partial charge in [0.1, 0.15) is 0 Å². The SMILES string of the molecule is C[C@@H]1CC[C@@]2(OC1)O[C@H]1C[C@H]3[C@@H]4CCC5=CC(=O)C=C[C@]5(C)[C@H]4CC[C@]3(C)C1[C@@H]2C. The number of rotatable bonds is 0. The fourth-order valence-corrected chi connectivity index (χ4v) is 9.21. The normalized spacial score (nSPS) is 56.9. The molecule has 3 heteroatoms. The first-order valence-electron chi connectivity index (χ1n) is 12.5. The summed E-state index contributed by atoms with van der Waals surface area (Å²) in [6.45, 7) is 10.6. The molecule has 30 heavy (non-hydrogen) atoms. The fraction of sp³-hybridized carbons (Fsp3) is 0.815. The van der Waals surface area contributed by atoms with E-state index in [9.17, 15) is 4.79 Å². The molecule has 1 unspecified atom stereocenters. The number of allylic oxidation sites excluding steroid dienone is 4. The molecule has 0 N–H and O–H groups in total. The van der Waals surface area contributed by atoms with Gasteiger partial charge in [-0.15, -0.1) is 0 Å². The van der Waals surface area contributed by atoms with E-state index in [2.05, 4.69) is 33.8 Å². The molecule has 1 spiro atoms. The van der Waals surface area contributed by atoms with Gasteiger partial charge in [-0.2, -0.15) is 0 Å². The zero-order valence-corrected chi connectivity index (χ0v) is 19.2. The predicted octanol–water partition coefficient (Wildman–Crippen LogP) is 5.70. The third-order valence-electron chi connectivity index (χ3n) is 10.8. The molecule has 6 aliphatic rings.